The summed E-state index contributed by atoms with van der Waals surface area (Å²) in [5.41, 5.74) is 0.771. The van der Waals surface area contributed by atoms with Crippen molar-refractivity contribution in [3.8, 4) is 0 Å². The van der Waals surface area contributed by atoms with Gasteiger partial charge in [0, 0.05) is 13.1 Å². The lowest BCUT2D eigenvalue weighted by Gasteiger charge is -2.33. The van der Waals surface area contributed by atoms with Gasteiger partial charge in [0.2, 0.25) is 0 Å². The summed E-state index contributed by atoms with van der Waals surface area (Å²) in [7, 11) is 0. The fraction of sp³-hybridized carbons (Fsp3) is 0.615. The number of thiazole rings is 1. The lowest BCUT2D eigenvalue weighted by atomic mass is 10.1. The molecule has 1 saturated heterocycles. The predicted molar refractivity (Wildman–Crippen MR) is 85.3 cm³/mol. The van der Waals surface area contributed by atoms with Gasteiger partial charge in [0.1, 0.15) is 11.0 Å². The topological polar surface area (TPSA) is 71.4 Å². The zero-order chi connectivity index (χ0) is 14.7. The second-order valence-corrected chi connectivity index (χ2v) is 6.89. The molecule has 0 amide bonds. The van der Waals surface area contributed by atoms with Gasteiger partial charge in [0.25, 0.3) is 0 Å². The highest BCUT2D eigenvalue weighted by molar-refractivity contribution is 8.00. The van der Waals surface area contributed by atoms with Crippen molar-refractivity contribution in [2.45, 2.75) is 23.3 Å². The Hall–Kier alpha value is -0.960. The van der Waals surface area contributed by atoms with Crippen LogP contribution in [0.4, 0.5) is 5.82 Å². The fourth-order valence-corrected chi connectivity index (χ4v) is 4.05. The molecule has 1 aliphatic heterocycles. The van der Waals surface area contributed by atoms with Gasteiger partial charge in [-0.1, -0.05) is 11.8 Å². The van der Waals surface area contributed by atoms with Gasteiger partial charge in [-0.15, -0.1) is 11.3 Å². The Labute approximate surface area is 131 Å². The number of aliphatic hydroxyl groups is 1. The van der Waals surface area contributed by atoms with Gasteiger partial charge in [0.05, 0.1) is 19.3 Å². The van der Waals surface area contributed by atoms with Crippen LogP contribution in [-0.2, 0) is 4.74 Å². The molecule has 2 aromatic rings. The minimum atomic E-state index is 0.0696. The number of hydrogen-bond donors (Lipinski definition) is 1. The number of piperidine rings is 1. The number of aromatic nitrogens is 3. The van der Waals surface area contributed by atoms with Crippen molar-refractivity contribution in [2.75, 3.05) is 37.5 Å². The van der Waals surface area contributed by atoms with Crippen LogP contribution in [0.1, 0.15) is 12.8 Å². The summed E-state index contributed by atoms with van der Waals surface area (Å²) in [6, 6.07) is 0. The maximum absolute atomic E-state index is 8.88. The minimum absolute atomic E-state index is 0.0696. The largest absolute Gasteiger partial charge is 0.394 e. The summed E-state index contributed by atoms with van der Waals surface area (Å²) >= 11 is 3.27. The lowest BCUT2D eigenvalue weighted by molar-refractivity contribution is 0.0214. The smallest absolute Gasteiger partial charge is 0.176 e. The van der Waals surface area contributed by atoms with Crippen LogP contribution in [0.25, 0.3) is 10.3 Å². The van der Waals surface area contributed by atoms with Gasteiger partial charge in [0.15, 0.2) is 15.8 Å². The molecule has 1 N–H and O–H groups in total. The van der Waals surface area contributed by atoms with Crippen molar-refractivity contribution >= 4 is 39.3 Å². The van der Waals surface area contributed by atoms with Crippen LogP contribution >= 0.6 is 23.1 Å². The van der Waals surface area contributed by atoms with Crippen LogP contribution in [0.5, 0.6) is 0 Å². The standard InChI is InChI=1S/C13H18N4O2S2/c1-20-13-16-11-10(21-13)12(15-8-14-11)17-4-2-3-9(7-17)19-6-5-18/h8-9,18H,2-7H2,1H3. The highest BCUT2D eigenvalue weighted by Gasteiger charge is 2.24. The number of ether oxygens (including phenoxy) is 1. The molecule has 0 bridgehead atoms. The summed E-state index contributed by atoms with van der Waals surface area (Å²) in [6.45, 7) is 2.24. The van der Waals surface area contributed by atoms with E-state index in [9.17, 15) is 0 Å². The first-order chi connectivity index (χ1) is 10.3. The van der Waals surface area contributed by atoms with Crippen molar-refractivity contribution in [1.29, 1.82) is 0 Å². The number of anilines is 1. The molecule has 3 rings (SSSR count). The first-order valence-corrected chi connectivity index (χ1v) is 8.99. The highest BCUT2D eigenvalue weighted by atomic mass is 32.2. The second kappa shape index (κ2) is 6.87. The van der Waals surface area contributed by atoms with Gasteiger partial charge in [-0.2, -0.15) is 0 Å². The van der Waals surface area contributed by atoms with E-state index in [2.05, 4.69) is 19.9 Å². The summed E-state index contributed by atoms with van der Waals surface area (Å²) in [6.07, 6.45) is 5.85. The minimum Gasteiger partial charge on any atom is -0.394 e. The quantitative estimate of drug-likeness (QED) is 0.840. The zero-order valence-electron chi connectivity index (χ0n) is 11.9. The van der Waals surface area contributed by atoms with Crippen LogP contribution in [0.2, 0.25) is 0 Å². The molecule has 3 heterocycles. The van der Waals surface area contributed by atoms with Gasteiger partial charge in [-0.05, 0) is 19.1 Å². The molecular formula is C13H18N4O2S2. The Morgan fingerprint density at radius 3 is 3.24 bits per heavy atom. The summed E-state index contributed by atoms with van der Waals surface area (Å²) in [4.78, 5) is 15.5. The van der Waals surface area contributed by atoms with E-state index in [0.29, 0.717) is 6.61 Å². The number of nitrogens with zero attached hydrogens (tertiary/aromatic N) is 4. The van der Waals surface area contributed by atoms with E-state index >= 15 is 0 Å². The summed E-state index contributed by atoms with van der Waals surface area (Å²) in [5, 5.41) is 8.88. The fourth-order valence-electron chi connectivity index (χ4n) is 2.52. The van der Waals surface area contributed by atoms with Gasteiger partial charge in [-0.25, -0.2) is 15.0 Å². The van der Waals surface area contributed by atoms with E-state index in [4.69, 9.17) is 9.84 Å². The Morgan fingerprint density at radius 1 is 1.52 bits per heavy atom. The molecule has 8 heteroatoms. The Morgan fingerprint density at radius 2 is 2.43 bits per heavy atom. The van der Waals surface area contributed by atoms with E-state index in [1.807, 2.05) is 6.26 Å². The van der Waals surface area contributed by atoms with E-state index in [0.717, 1.165) is 46.4 Å². The first-order valence-electron chi connectivity index (χ1n) is 6.94. The number of thioether (sulfide) groups is 1. The maximum Gasteiger partial charge on any atom is 0.176 e. The van der Waals surface area contributed by atoms with Gasteiger partial charge in [-0.3, -0.25) is 0 Å². The summed E-state index contributed by atoms with van der Waals surface area (Å²) in [5.74, 6) is 0.954. The third-order valence-electron chi connectivity index (χ3n) is 3.45. The molecule has 1 fully saturated rings. The molecule has 2 aromatic heterocycles. The van der Waals surface area contributed by atoms with Crippen molar-refractivity contribution in [1.82, 2.24) is 15.0 Å². The van der Waals surface area contributed by atoms with E-state index < -0.39 is 0 Å². The van der Waals surface area contributed by atoms with Crippen molar-refractivity contribution < 1.29 is 9.84 Å². The third-order valence-corrected chi connectivity index (χ3v) is 5.48. The zero-order valence-corrected chi connectivity index (χ0v) is 13.5. The van der Waals surface area contributed by atoms with Crippen molar-refractivity contribution in [3.63, 3.8) is 0 Å². The average molecular weight is 326 g/mol. The van der Waals surface area contributed by atoms with Crippen LogP contribution in [0.15, 0.2) is 10.7 Å². The number of hydrogen-bond acceptors (Lipinski definition) is 8. The molecule has 0 aromatic carbocycles. The third kappa shape index (κ3) is 3.28. The number of rotatable bonds is 5. The summed E-state index contributed by atoms with van der Waals surface area (Å²) < 4.78 is 7.73. The SMILES string of the molecule is CSc1nc2ncnc(N3CCCC(OCCO)C3)c2s1. The number of fused-ring (bicyclic) bond motifs is 1. The maximum atomic E-state index is 8.88. The van der Waals surface area contributed by atoms with Crippen LogP contribution in [0.3, 0.4) is 0 Å². The molecule has 6 nitrogen and oxygen atoms in total. The van der Waals surface area contributed by atoms with Gasteiger partial charge < -0.3 is 14.7 Å². The molecule has 0 aliphatic carbocycles. The molecule has 1 atom stereocenters. The van der Waals surface area contributed by atoms with Gasteiger partial charge >= 0.3 is 0 Å². The van der Waals surface area contributed by atoms with E-state index in [-0.39, 0.29) is 12.7 Å². The molecular weight excluding hydrogens is 308 g/mol. The molecule has 21 heavy (non-hydrogen) atoms. The Bertz CT molecular complexity index is 607. The van der Waals surface area contributed by atoms with Crippen LogP contribution < -0.4 is 4.90 Å². The molecule has 0 radical (unpaired) electrons. The number of aliphatic hydroxyl groups excluding tert-OH is 1. The molecule has 1 aliphatic rings. The molecule has 0 saturated carbocycles. The second-order valence-electron chi connectivity index (χ2n) is 4.84. The lowest BCUT2D eigenvalue weighted by Crippen LogP contribution is -2.40. The average Bonchev–Trinajstić information content (AvgIpc) is 2.96. The van der Waals surface area contributed by atoms with Crippen molar-refractivity contribution in [2.24, 2.45) is 0 Å². The molecule has 0 spiro atoms. The Balaban J connectivity index is 1.83. The normalized spacial score (nSPS) is 19.3. The van der Waals surface area contributed by atoms with E-state index in [1.165, 1.54) is 0 Å². The highest BCUT2D eigenvalue weighted by Crippen LogP contribution is 2.33. The molecule has 114 valence electrons. The first kappa shape index (κ1) is 15.0. The predicted octanol–water partition coefficient (Wildman–Crippen LogP) is 1.79. The Kier molecular flexibility index (Phi) is 4.89. The monoisotopic (exact) mass is 326 g/mol. The van der Waals surface area contributed by atoms with Crippen molar-refractivity contribution in [3.05, 3.63) is 6.33 Å². The van der Waals surface area contributed by atoms with Crippen LogP contribution in [-0.4, -0.2) is 58.7 Å². The van der Waals surface area contributed by atoms with Crippen LogP contribution in [0, 0.1) is 0 Å². The molecule has 1 unspecified atom stereocenters. The van der Waals surface area contributed by atoms with E-state index in [1.54, 1.807) is 29.4 Å².